The van der Waals surface area contributed by atoms with Crippen LogP contribution in [0, 0.1) is 5.82 Å². The highest BCUT2D eigenvalue weighted by Gasteiger charge is 2.33. The Labute approximate surface area is 127 Å². The number of rotatable bonds is 2. The Bertz CT molecular complexity index is 745. The van der Waals surface area contributed by atoms with E-state index >= 15 is 0 Å². The number of nitrogens with zero attached hydrogens (tertiary/aromatic N) is 1. The molecular weight excluding hydrogens is 283 g/mol. The average Bonchev–Trinajstić information content (AvgIpc) is 2.53. The zero-order valence-electron chi connectivity index (χ0n) is 12.0. The standard InChI is InChI=1S/C17H15FN2O2/c1-20(15-9-5-3-7-13(15)18)17(22)12-10-16(21)19-14-8-4-2-6-11(12)14/h2-9,12H,10H2,1H3,(H,19,21)/t12-/m0/s1. The molecule has 3 rings (SSSR count). The Morgan fingerprint density at radius 1 is 1.18 bits per heavy atom. The molecule has 1 atom stereocenters. The Morgan fingerprint density at radius 3 is 2.64 bits per heavy atom. The van der Waals surface area contributed by atoms with E-state index in [1.807, 2.05) is 12.1 Å². The summed E-state index contributed by atoms with van der Waals surface area (Å²) < 4.78 is 13.9. The van der Waals surface area contributed by atoms with Crippen LogP contribution in [0.2, 0.25) is 0 Å². The van der Waals surface area contributed by atoms with Gasteiger partial charge in [0.25, 0.3) is 0 Å². The first-order valence-electron chi connectivity index (χ1n) is 6.99. The number of hydrogen-bond donors (Lipinski definition) is 1. The van der Waals surface area contributed by atoms with Crippen LogP contribution < -0.4 is 10.2 Å². The number of halogens is 1. The number of anilines is 2. The third kappa shape index (κ3) is 2.45. The molecule has 2 aromatic carbocycles. The molecule has 4 nitrogen and oxygen atoms in total. The topological polar surface area (TPSA) is 49.4 Å². The van der Waals surface area contributed by atoms with Crippen LogP contribution >= 0.6 is 0 Å². The molecule has 2 aromatic rings. The molecule has 1 heterocycles. The summed E-state index contributed by atoms with van der Waals surface area (Å²) in [7, 11) is 1.52. The molecule has 0 radical (unpaired) electrons. The van der Waals surface area contributed by atoms with Crippen molar-refractivity contribution in [2.75, 3.05) is 17.3 Å². The van der Waals surface area contributed by atoms with Gasteiger partial charge < -0.3 is 10.2 Å². The molecular formula is C17H15FN2O2. The quantitative estimate of drug-likeness (QED) is 0.926. The third-order valence-corrected chi connectivity index (χ3v) is 3.84. The maximum absolute atomic E-state index is 13.9. The fraction of sp³-hybridized carbons (Fsp3) is 0.176. The second-order valence-corrected chi connectivity index (χ2v) is 5.24. The zero-order valence-corrected chi connectivity index (χ0v) is 12.0. The van der Waals surface area contributed by atoms with E-state index < -0.39 is 11.7 Å². The van der Waals surface area contributed by atoms with Crippen molar-refractivity contribution in [3.05, 3.63) is 59.9 Å². The second kappa shape index (κ2) is 5.60. The lowest BCUT2D eigenvalue weighted by molar-refractivity contribution is -0.124. The van der Waals surface area contributed by atoms with Gasteiger partial charge in [0, 0.05) is 19.2 Å². The van der Waals surface area contributed by atoms with Gasteiger partial charge in [-0.25, -0.2) is 4.39 Å². The summed E-state index contributed by atoms with van der Waals surface area (Å²) in [5.41, 5.74) is 1.60. The highest BCUT2D eigenvalue weighted by Crippen LogP contribution is 2.34. The molecule has 5 heteroatoms. The Balaban J connectivity index is 1.96. The van der Waals surface area contributed by atoms with Crippen molar-refractivity contribution in [2.24, 2.45) is 0 Å². The van der Waals surface area contributed by atoms with Crippen molar-refractivity contribution >= 4 is 23.2 Å². The molecule has 0 unspecified atom stereocenters. The molecule has 0 saturated carbocycles. The maximum Gasteiger partial charge on any atom is 0.234 e. The molecule has 0 fully saturated rings. The summed E-state index contributed by atoms with van der Waals surface area (Å²) in [5, 5.41) is 2.75. The first-order valence-corrected chi connectivity index (χ1v) is 6.99. The Morgan fingerprint density at radius 2 is 1.86 bits per heavy atom. The largest absolute Gasteiger partial charge is 0.326 e. The van der Waals surface area contributed by atoms with Crippen LogP contribution in [0.15, 0.2) is 48.5 Å². The normalized spacial score (nSPS) is 16.6. The third-order valence-electron chi connectivity index (χ3n) is 3.84. The summed E-state index contributed by atoms with van der Waals surface area (Å²) >= 11 is 0. The number of carbonyl (C=O) groups is 2. The van der Waals surface area contributed by atoms with E-state index in [1.54, 1.807) is 30.3 Å². The maximum atomic E-state index is 13.9. The van der Waals surface area contributed by atoms with E-state index in [4.69, 9.17) is 0 Å². The second-order valence-electron chi connectivity index (χ2n) is 5.24. The van der Waals surface area contributed by atoms with E-state index in [2.05, 4.69) is 5.32 Å². The monoisotopic (exact) mass is 298 g/mol. The molecule has 1 N–H and O–H groups in total. The fourth-order valence-corrected chi connectivity index (χ4v) is 2.71. The lowest BCUT2D eigenvalue weighted by atomic mass is 9.89. The number of hydrogen-bond acceptors (Lipinski definition) is 2. The highest BCUT2D eigenvalue weighted by molar-refractivity contribution is 6.05. The summed E-state index contributed by atoms with van der Waals surface area (Å²) in [4.78, 5) is 25.8. The van der Waals surface area contributed by atoms with Crippen LogP contribution in [-0.4, -0.2) is 18.9 Å². The number of likely N-dealkylation sites (N-methyl/N-ethyl adjacent to an activating group) is 1. The van der Waals surface area contributed by atoms with Crippen molar-refractivity contribution in [1.29, 1.82) is 0 Å². The van der Waals surface area contributed by atoms with Gasteiger partial charge in [0.1, 0.15) is 5.82 Å². The van der Waals surface area contributed by atoms with Gasteiger partial charge in [-0.2, -0.15) is 0 Å². The van der Waals surface area contributed by atoms with Crippen molar-refractivity contribution < 1.29 is 14.0 Å². The van der Waals surface area contributed by atoms with Gasteiger partial charge in [0.2, 0.25) is 11.8 Å². The van der Waals surface area contributed by atoms with E-state index in [0.29, 0.717) is 5.69 Å². The van der Waals surface area contributed by atoms with Crippen LogP contribution in [-0.2, 0) is 9.59 Å². The highest BCUT2D eigenvalue weighted by atomic mass is 19.1. The minimum atomic E-state index is -0.602. The first kappa shape index (κ1) is 14.3. The van der Waals surface area contributed by atoms with Gasteiger partial charge in [0.15, 0.2) is 0 Å². The van der Waals surface area contributed by atoms with Crippen LogP contribution in [0.1, 0.15) is 17.9 Å². The molecule has 0 spiro atoms. The van der Waals surface area contributed by atoms with E-state index in [0.717, 1.165) is 5.56 Å². The van der Waals surface area contributed by atoms with Crippen molar-refractivity contribution in [3.8, 4) is 0 Å². The predicted molar refractivity (Wildman–Crippen MR) is 82.2 cm³/mol. The zero-order chi connectivity index (χ0) is 15.7. The summed E-state index contributed by atoms with van der Waals surface area (Å²) in [5.74, 6) is -1.58. The molecule has 0 aliphatic carbocycles. The molecule has 112 valence electrons. The number of carbonyl (C=O) groups excluding carboxylic acids is 2. The van der Waals surface area contributed by atoms with Crippen molar-refractivity contribution in [3.63, 3.8) is 0 Å². The molecule has 0 aromatic heterocycles. The average molecular weight is 298 g/mol. The molecule has 1 aliphatic heterocycles. The van der Waals surface area contributed by atoms with Crippen LogP contribution in [0.4, 0.5) is 15.8 Å². The van der Waals surface area contributed by atoms with Crippen molar-refractivity contribution in [1.82, 2.24) is 0 Å². The van der Waals surface area contributed by atoms with Gasteiger partial charge in [-0.15, -0.1) is 0 Å². The van der Waals surface area contributed by atoms with Crippen LogP contribution in [0.3, 0.4) is 0 Å². The SMILES string of the molecule is CN(C(=O)[C@H]1CC(=O)Nc2ccccc21)c1ccccc1F. The number of benzene rings is 2. The number of fused-ring (bicyclic) bond motifs is 1. The minimum Gasteiger partial charge on any atom is -0.326 e. The molecule has 0 saturated heterocycles. The number of para-hydroxylation sites is 2. The lowest BCUT2D eigenvalue weighted by Gasteiger charge is -2.28. The van der Waals surface area contributed by atoms with E-state index in [-0.39, 0.29) is 23.9 Å². The van der Waals surface area contributed by atoms with Gasteiger partial charge in [0.05, 0.1) is 11.6 Å². The molecule has 2 amide bonds. The summed E-state index contributed by atoms with van der Waals surface area (Å²) in [6.07, 6.45) is 0.0641. The lowest BCUT2D eigenvalue weighted by Crippen LogP contribution is -2.36. The van der Waals surface area contributed by atoms with E-state index in [9.17, 15) is 14.0 Å². The first-order chi connectivity index (χ1) is 10.6. The van der Waals surface area contributed by atoms with Gasteiger partial charge in [-0.3, -0.25) is 9.59 Å². The van der Waals surface area contributed by atoms with Gasteiger partial charge >= 0.3 is 0 Å². The Hall–Kier alpha value is -2.69. The van der Waals surface area contributed by atoms with Gasteiger partial charge in [-0.05, 0) is 23.8 Å². The van der Waals surface area contributed by atoms with Crippen LogP contribution in [0.5, 0.6) is 0 Å². The summed E-state index contributed by atoms with van der Waals surface area (Å²) in [6.45, 7) is 0. The summed E-state index contributed by atoms with van der Waals surface area (Å²) in [6, 6.07) is 13.3. The molecule has 22 heavy (non-hydrogen) atoms. The predicted octanol–water partition coefficient (Wildman–Crippen LogP) is 2.91. The van der Waals surface area contributed by atoms with Crippen molar-refractivity contribution in [2.45, 2.75) is 12.3 Å². The van der Waals surface area contributed by atoms with E-state index in [1.165, 1.54) is 18.0 Å². The Kier molecular flexibility index (Phi) is 3.63. The van der Waals surface area contributed by atoms with Gasteiger partial charge in [-0.1, -0.05) is 30.3 Å². The van der Waals surface area contributed by atoms with Crippen LogP contribution in [0.25, 0.3) is 0 Å². The number of nitrogens with one attached hydrogen (secondary N) is 1. The minimum absolute atomic E-state index is 0.0641. The molecule has 0 bridgehead atoms. The molecule has 1 aliphatic rings. The fourth-order valence-electron chi connectivity index (χ4n) is 2.71. The smallest absolute Gasteiger partial charge is 0.234 e. The number of amides is 2.